The van der Waals surface area contributed by atoms with Crippen molar-refractivity contribution in [2.24, 2.45) is 0 Å². The first-order chi connectivity index (χ1) is 5.18. The van der Waals surface area contributed by atoms with Gasteiger partial charge in [-0.25, -0.2) is 0 Å². The van der Waals surface area contributed by atoms with Gasteiger partial charge < -0.3 is 26.0 Å². The smallest absolute Gasteiger partial charge is 0.512 e. The highest BCUT2D eigenvalue weighted by molar-refractivity contribution is 6.33. The average Bonchev–Trinajstić information content (AvgIpc) is 1.93. The summed E-state index contributed by atoms with van der Waals surface area (Å²) in [6.07, 6.45) is 0. The Morgan fingerprint density at radius 3 is 2.00 bits per heavy atom. The third-order valence-electron chi connectivity index (χ3n) is 1.08. The standard InChI is InChI=1S/C6H7BO4.H3N/c8-5-1-3-6(4-2-5)11-7(9)10;/h1-4,8-10H;1H3. The number of hydrogen-bond donors (Lipinski definition) is 4. The van der Waals surface area contributed by atoms with Crippen molar-refractivity contribution >= 4 is 7.32 Å². The fourth-order valence-electron chi connectivity index (χ4n) is 0.646. The second kappa shape index (κ2) is 4.60. The molecule has 0 saturated heterocycles. The van der Waals surface area contributed by atoms with Gasteiger partial charge in [-0.1, -0.05) is 0 Å². The van der Waals surface area contributed by atoms with E-state index < -0.39 is 7.32 Å². The summed E-state index contributed by atoms with van der Waals surface area (Å²) in [7, 11) is -1.82. The van der Waals surface area contributed by atoms with Crippen molar-refractivity contribution in [3.63, 3.8) is 0 Å². The number of phenolic OH excluding ortho intramolecular Hbond substituents is 1. The van der Waals surface area contributed by atoms with Crippen LogP contribution in [0.5, 0.6) is 11.5 Å². The summed E-state index contributed by atoms with van der Waals surface area (Å²) < 4.78 is 4.47. The normalized spacial score (nSPS) is 8.50. The number of phenols is 1. The Morgan fingerprint density at radius 1 is 1.08 bits per heavy atom. The Labute approximate surface area is 70.0 Å². The van der Waals surface area contributed by atoms with E-state index in [9.17, 15) is 0 Å². The number of rotatable bonds is 2. The molecule has 0 aliphatic carbocycles. The van der Waals surface area contributed by atoms with Gasteiger partial charge in [-0.15, -0.1) is 0 Å². The topological polar surface area (TPSA) is 105 Å². The average molecular weight is 171 g/mol. The summed E-state index contributed by atoms with van der Waals surface area (Å²) in [6.45, 7) is 0. The molecule has 0 amide bonds. The first-order valence-electron chi connectivity index (χ1n) is 3.00. The molecule has 0 saturated carbocycles. The van der Waals surface area contributed by atoms with Crippen LogP contribution in [0.2, 0.25) is 0 Å². The van der Waals surface area contributed by atoms with Gasteiger partial charge in [0.2, 0.25) is 0 Å². The molecule has 0 heterocycles. The van der Waals surface area contributed by atoms with Crippen LogP contribution in [0.25, 0.3) is 0 Å². The lowest BCUT2D eigenvalue weighted by Crippen LogP contribution is -2.20. The van der Waals surface area contributed by atoms with Crippen molar-refractivity contribution < 1.29 is 19.8 Å². The van der Waals surface area contributed by atoms with E-state index in [0.29, 0.717) is 0 Å². The SMILES string of the molecule is N.OB(O)Oc1ccc(O)cc1. The van der Waals surface area contributed by atoms with E-state index in [2.05, 4.69) is 4.65 Å². The van der Waals surface area contributed by atoms with Crippen LogP contribution in [0.15, 0.2) is 24.3 Å². The summed E-state index contributed by atoms with van der Waals surface area (Å²) in [6, 6.07) is 5.62. The number of hydrogen-bond acceptors (Lipinski definition) is 5. The Kier molecular flexibility index (Phi) is 4.13. The van der Waals surface area contributed by atoms with Gasteiger partial charge in [-0.05, 0) is 24.3 Å². The zero-order valence-corrected chi connectivity index (χ0v) is 6.34. The molecule has 1 rings (SSSR count). The molecule has 0 aliphatic rings. The molecule has 0 unspecified atom stereocenters. The fourth-order valence-corrected chi connectivity index (χ4v) is 0.646. The van der Waals surface area contributed by atoms with Gasteiger partial charge in [-0.2, -0.15) is 0 Å². The zero-order chi connectivity index (χ0) is 8.27. The van der Waals surface area contributed by atoms with Crippen molar-refractivity contribution in [2.75, 3.05) is 0 Å². The van der Waals surface area contributed by atoms with Gasteiger partial charge in [0.1, 0.15) is 11.5 Å². The van der Waals surface area contributed by atoms with E-state index in [4.69, 9.17) is 15.2 Å². The van der Waals surface area contributed by atoms with Gasteiger partial charge in [0.05, 0.1) is 0 Å². The summed E-state index contributed by atoms with van der Waals surface area (Å²) in [5.74, 6) is 0.391. The highest BCUT2D eigenvalue weighted by atomic mass is 16.6. The fraction of sp³-hybridized carbons (Fsp3) is 0. The Balaban J connectivity index is 0.00000121. The van der Waals surface area contributed by atoms with Crippen LogP contribution in [0.3, 0.4) is 0 Å². The molecule has 5 nitrogen and oxygen atoms in total. The first kappa shape index (κ1) is 10.8. The quantitative estimate of drug-likeness (QED) is 0.465. The molecule has 0 spiro atoms. The summed E-state index contributed by atoms with van der Waals surface area (Å²) in [5, 5.41) is 25.5. The lowest BCUT2D eigenvalue weighted by atomic mass is 10.2. The molecule has 1 aromatic carbocycles. The van der Waals surface area contributed by atoms with Crippen LogP contribution >= 0.6 is 0 Å². The van der Waals surface area contributed by atoms with E-state index >= 15 is 0 Å². The zero-order valence-electron chi connectivity index (χ0n) is 6.34. The highest BCUT2D eigenvalue weighted by Gasteiger charge is 2.10. The summed E-state index contributed by atoms with van der Waals surface area (Å²) >= 11 is 0. The van der Waals surface area contributed by atoms with Crippen LogP contribution in [0.4, 0.5) is 0 Å². The Morgan fingerprint density at radius 2 is 1.58 bits per heavy atom. The van der Waals surface area contributed by atoms with Gasteiger partial charge in [-0.3, -0.25) is 0 Å². The molecular weight excluding hydrogens is 161 g/mol. The van der Waals surface area contributed by atoms with Crippen molar-refractivity contribution in [3.8, 4) is 11.5 Å². The van der Waals surface area contributed by atoms with Crippen molar-refractivity contribution in [1.82, 2.24) is 6.15 Å². The maximum absolute atomic E-state index is 8.81. The second-order valence-corrected chi connectivity index (χ2v) is 1.94. The molecule has 0 bridgehead atoms. The van der Waals surface area contributed by atoms with Gasteiger partial charge in [0.15, 0.2) is 0 Å². The molecule has 6 heteroatoms. The largest absolute Gasteiger partial charge is 0.707 e. The molecule has 0 aromatic heterocycles. The molecular formula is C6H10BNO4. The van der Waals surface area contributed by atoms with Crippen LogP contribution in [-0.4, -0.2) is 22.5 Å². The first-order valence-corrected chi connectivity index (χ1v) is 3.00. The summed E-state index contributed by atoms with van der Waals surface area (Å²) in [4.78, 5) is 0. The third kappa shape index (κ3) is 3.24. The van der Waals surface area contributed by atoms with Crippen molar-refractivity contribution in [1.29, 1.82) is 0 Å². The minimum Gasteiger partial charge on any atom is -0.512 e. The van der Waals surface area contributed by atoms with Crippen LogP contribution in [-0.2, 0) is 0 Å². The summed E-state index contributed by atoms with van der Waals surface area (Å²) in [5.41, 5.74) is 0. The second-order valence-electron chi connectivity index (χ2n) is 1.94. The van der Waals surface area contributed by atoms with E-state index in [1.54, 1.807) is 0 Å². The molecule has 12 heavy (non-hydrogen) atoms. The van der Waals surface area contributed by atoms with Crippen LogP contribution in [0, 0.1) is 0 Å². The predicted molar refractivity (Wildman–Crippen MR) is 43.9 cm³/mol. The van der Waals surface area contributed by atoms with Crippen LogP contribution in [0.1, 0.15) is 0 Å². The molecule has 0 atom stereocenters. The van der Waals surface area contributed by atoms with E-state index in [0.717, 1.165) is 0 Å². The highest BCUT2D eigenvalue weighted by Crippen LogP contribution is 2.15. The van der Waals surface area contributed by atoms with Gasteiger partial charge >= 0.3 is 7.32 Å². The monoisotopic (exact) mass is 171 g/mol. The number of benzene rings is 1. The maximum atomic E-state index is 8.81. The van der Waals surface area contributed by atoms with Crippen molar-refractivity contribution in [2.45, 2.75) is 0 Å². The molecule has 0 aliphatic heterocycles. The Bertz CT molecular complexity index is 225. The van der Waals surface area contributed by atoms with E-state index in [1.165, 1.54) is 24.3 Å². The van der Waals surface area contributed by atoms with Crippen LogP contribution < -0.4 is 10.8 Å². The molecule has 1 aromatic rings. The van der Waals surface area contributed by atoms with Crippen molar-refractivity contribution in [3.05, 3.63) is 24.3 Å². The van der Waals surface area contributed by atoms with Gasteiger partial charge in [0, 0.05) is 0 Å². The van der Waals surface area contributed by atoms with E-state index in [1.807, 2.05) is 0 Å². The molecule has 0 radical (unpaired) electrons. The lowest BCUT2D eigenvalue weighted by Gasteiger charge is -2.02. The third-order valence-corrected chi connectivity index (χ3v) is 1.08. The minimum atomic E-state index is -1.82. The minimum absolute atomic E-state index is 0. The van der Waals surface area contributed by atoms with E-state index in [-0.39, 0.29) is 17.6 Å². The molecule has 66 valence electrons. The number of aromatic hydroxyl groups is 1. The van der Waals surface area contributed by atoms with Gasteiger partial charge in [0.25, 0.3) is 0 Å². The molecule has 0 fully saturated rings. The maximum Gasteiger partial charge on any atom is 0.707 e. The lowest BCUT2D eigenvalue weighted by molar-refractivity contribution is 0.288. The Hall–Kier alpha value is -1.24. The molecule has 6 N–H and O–H groups in total. The predicted octanol–water partition coefficient (Wildman–Crippen LogP) is -0.0975.